The molecule has 1 rings (SSSR count). The first kappa shape index (κ1) is 11.2. The fraction of sp³-hybridized carbons (Fsp3) is 0.300. The minimum absolute atomic E-state index is 0.125. The van der Waals surface area contributed by atoms with Crippen LogP contribution in [0.5, 0.6) is 0 Å². The van der Waals surface area contributed by atoms with E-state index in [9.17, 15) is 4.79 Å². The molecule has 1 aromatic heterocycles. The maximum atomic E-state index is 11.6. The second-order valence-electron chi connectivity index (χ2n) is 2.77. The highest BCUT2D eigenvalue weighted by Crippen LogP contribution is 2.17. The van der Waals surface area contributed by atoms with Crippen LogP contribution in [0.3, 0.4) is 0 Å². The van der Waals surface area contributed by atoms with E-state index in [-0.39, 0.29) is 11.9 Å². The molecule has 0 bridgehead atoms. The van der Waals surface area contributed by atoms with Crippen molar-refractivity contribution in [2.45, 2.75) is 24.3 Å². The molecule has 4 heteroatoms. The highest BCUT2D eigenvalue weighted by atomic mass is 32.1. The van der Waals surface area contributed by atoms with Crippen molar-refractivity contribution >= 4 is 29.9 Å². The molecule has 0 saturated heterocycles. The number of carbonyl (C=O) groups is 1. The highest BCUT2D eigenvalue weighted by Gasteiger charge is 2.11. The van der Waals surface area contributed by atoms with Gasteiger partial charge in [-0.15, -0.1) is 30.4 Å². The normalized spacial score (nSPS) is 11.8. The van der Waals surface area contributed by atoms with E-state index < -0.39 is 0 Å². The molecule has 1 N–H and O–H groups in total. The zero-order chi connectivity index (χ0) is 10.6. The van der Waals surface area contributed by atoms with Gasteiger partial charge >= 0.3 is 0 Å². The van der Waals surface area contributed by atoms with Crippen LogP contribution in [0.1, 0.15) is 23.0 Å². The van der Waals surface area contributed by atoms with Crippen molar-refractivity contribution < 1.29 is 4.79 Å². The van der Waals surface area contributed by atoms with Crippen molar-refractivity contribution in [3.05, 3.63) is 16.3 Å². The third-order valence-corrected chi connectivity index (χ3v) is 3.09. The predicted molar refractivity (Wildman–Crippen MR) is 61.9 cm³/mol. The Balaban J connectivity index is 2.64. The summed E-state index contributed by atoms with van der Waals surface area (Å²) >= 11 is 5.49. The second kappa shape index (κ2) is 5.08. The molecule has 0 aliphatic rings. The molecule has 0 saturated carbocycles. The van der Waals surface area contributed by atoms with Crippen molar-refractivity contribution in [2.24, 2.45) is 0 Å². The number of terminal acetylenes is 1. The number of amides is 1. The topological polar surface area (TPSA) is 29.1 Å². The predicted octanol–water partition coefficient (Wildman–Crippen LogP) is 2.18. The summed E-state index contributed by atoms with van der Waals surface area (Å²) in [4.78, 5) is 13.0. The van der Waals surface area contributed by atoms with Crippen LogP contribution in [0.15, 0.2) is 16.3 Å². The van der Waals surface area contributed by atoms with Crippen LogP contribution in [0.2, 0.25) is 0 Å². The van der Waals surface area contributed by atoms with Gasteiger partial charge in [0.05, 0.1) is 10.9 Å². The van der Waals surface area contributed by atoms with Crippen LogP contribution in [0, 0.1) is 12.3 Å². The van der Waals surface area contributed by atoms with Gasteiger partial charge in [0.15, 0.2) is 0 Å². The lowest BCUT2D eigenvalue weighted by Crippen LogP contribution is -2.32. The lowest BCUT2D eigenvalue weighted by Gasteiger charge is -2.08. The maximum Gasteiger partial charge on any atom is 0.262 e. The number of nitrogens with one attached hydrogen (secondary N) is 1. The zero-order valence-electron chi connectivity index (χ0n) is 7.78. The Morgan fingerprint density at radius 2 is 2.57 bits per heavy atom. The first-order valence-electron chi connectivity index (χ1n) is 4.21. The lowest BCUT2D eigenvalue weighted by atomic mass is 10.2. The number of thiol groups is 1. The van der Waals surface area contributed by atoms with E-state index in [4.69, 9.17) is 6.42 Å². The fourth-order valence-electron chi connectivity index (χ4n) is 0.936. The van der Waals surface area contributed by atoms with Crippen molar-refractivity contribution in [1.82, 2.24) is 5.32 Å². The van der Waals surface area contributed by atoms with Crippen molar-refractivity contribution in [3.63, 3.8) is 0 Å². The van der Waals surface area contributed by atoms with Gasteiger partial charge in [0.1, 0.15) is 0 Å². The van der Waals surface area contributed by atoms with Crippen LogP contribution >= 0.6 is 24.0 Å². The number of rotatable bonds is 3. The molecule has 0 aliphatic heterocycles. The van der Waals surface area contributed by atoms with E-state index in [2.05, 4.69) is 23.9 Å². The van der Waals surface area contributed by atoms with Crippen molar-refractivity contribution in [2.75, 3.05) is 0 Å². The molecule has 0 aliphatic carbocycles. The van der Waals surface area contributed by atoms with Crippen molar-refractivity contribution in [3.8, 4) is 12.3 Å². The molecule has 14 heavy (non-hydrogen) atoms. The molecule has 0 radical (unpaired) electrons. The summed E-state index contributed by atoms with van der Waals surface area (Å²) in [6.45, 7) is 1.93. The summed E-state index contributed by atoms with van der Waals surface area (Å²) in [7, 11) is 0. The smallest absolute Gasteiger partial charge is 0.262 e. The van der Waals surface area contributed by atoms with Gasteiger partial charge in [-0.25, -0.2) is 0 Å². The average Bonchev–Trinajstić information content (AvgIpc) is 2.61. The van der Waals surface area contributed by atoms with Gasteiger partial charge in [0.25, 0.3) is 5.91 Å². The molecule has 2 nitrogen and oxygen atoms in total. The van der Waals surface area contributed by atoms with Crippen LogP contribution < -0.4 is 5.32 Å². The SMILES string of the molecule is C#CC(CC)NC(=O)c1cc(S)cs1. The first-order chi connectivity index (χ1) is 6.67. The van der Waals surface area contributed by atoms with E-state index in [1.807, 2.05) is 12.3 Å². The third kappa shape index (κ3) is 2.79. The molecule has 1 heterocycles. The number of hydrogen-bond acceptors (Lipinski definition) is 3. The standard InChI is InChI=1S/C10H11NOS2/c1-3-7(4-2)11-10(12)9-5-8(13)6-14-9/h1,5-7,13H,4H2,2H3,(H,11,12). The molecule has 74 valence electrons. The molecule has 1 atom stereocenters. The van der Waals surface area contributed by atoms with Crippen LogP contribution in [-0.2, 0) is 0 Å². The summed E-state index contributed by atoms with van der Waals surface area (Å²) < 4.78 is 0. The average molecular weight is 225 g/mol. The lowest BCUT2D eigenvalue weighted by molar-refractivity contribution is 0.0949. The van der Waals surface area contributed by atoms with Gasteiger partial charge in [-0.3, -0.25) is 4.79 Å². The van der Waals surface area contributed by atoms with Gasteiger partial charge in [0.2, 0.25) is 0 Å². The Morgan fingerprint density at radius 3 is 3.00 bits per heavy atom. The molecule has 1 amide bonds. The molecule has 1 unspecified atom stereocenters. The van der Waals surface area contributed by atoms with Crippen molar-refractivity contribution in [1.29, 1.82) is 0 Å². The quantitative estimate of drug-likeness (QED) is 0.599. The molecule has 0 spiro atoms. The summed E-state index contributed by atoms with van der Waals surface area (Å²) in [6, 6.07) is 1.54. The summed E-state index contributed by atoms with van der Waals surface area (Å²) in [5.41, 5.74) is 0. The van der Waals surface area contributed by atoms with Crippen LogP contribution in [0.4, 0.5) is 0 Å². The fourth-order valence-corrected chi connectivity index (χ4v) is 1.99. The Hall–Kier alpha value is -0.920. The minimum atomic E-state index is -0.187. The van der Waals surface area contributed by atoms with Gasteiger partial charge in [-0.05, 0) is 12.5 Å². The van der Waals surface area contributed by atoms with Crippen LogP contribution in [-0.4, -0.2) is 11.9 Å². The van der Waals surface area contributed by atoms with E-state index in [1.54, 1.807) is 6.07 Å². The second-order valence-corrected chi connectivity index (χ2v) is 4.20. The maximum absolute atomic E-state index is 11.6. The zero-order valence-corrected chi connectivity index (χ0v) is 9.49. The number of carbonyl (C=O) groups excluding carboxylic acids is 1. The summed E-state index contributed by atoms with van der Waals surface area (Å²) in [5.74, 6) is 2.39. The number of hydrogen-bond donors (Lipinski definition) is 2. The largest absolute Gasteiger partial charge is 0.338 e. The Labute approximate surface area is 93.1 Å². The van der Waals surface area contributed by atoms with Gasteiger partial charge in [-0.1, -0.05) is 12.8 Å². The van der Waals surface area contributed by atoms with E-state index >= 15 is 0 Å². The Bertz CT molecular complexity index is 364. The minimum Gasteiger partial charge on any atom is -0.338 e. The summed E-state index contributed by atoms with van der Waals surface area (Å²) in [5, 5.41) is 4.56. The van der Waals surface area contributed by atoms with E-state index in [0.717, 1.165) is 11.3 Å². The van der Waals surface area contributed by atoms with Crippen LogP contribution in [0.25, 0.3) is 0 Å². The Kier molecular flexibility index (Phi) is 4.05. The first-order valence-corrected chi connectivity index (χ1v) is 5.54. The van der Waals surface area contributed by atoms with Gasteiger partial charge in [0, 0.05) is 10.3 Å². The van der Waals surface area contributed by atoms with Gasteiger partial charge < -0.3 is 5.32 Å². The van der Waals surface area contributed by atoms with E-state index in [1.165, 1.54) is 11.3 Å². The third-order valence-electron chi connectivity index (χ3n) is 1.72. The highest BCUT2D eigenvalue weighted by molar-refractivity contribution is 7.80. The van der Waals surface area contributed by atoms with Gasteiger partial charge in [-0.2, -0.15) is 0 Å². The Morgan fingerprint density at radius 1 is 1.86 bits per heavy atom. The molecule has 1 aromatic rings. The number of thiophene rings is 1. The molecule has 0 fully saturated rings. The molecular formula is C10H11NOS2. The summed E-state index contributed by atoms with van der Waals surface area (Å²) in [6.07, 6.45) is 5.98. The molecule has 0 aromatic carbocycles. The molecular weight excluding hydrogens is 214 g/mol. The van der Waals surface area contributed by atoms with E-state index in [0.29, 0.717) is 4.88 Å². The monoisotopic (exact) mass is 225 g/mol.